The lowest BCUT2D eigenvalue weighted by Gasteiger charge is -2.13. The number of rotatable bonds is 1. The van der Waals surface area contributed by atoms with Gasteiger partial charge in [-0.3, -0.25) is 4.79 Å². The van der Waals surface area contributed by atoms with Gasteiger partial charge in [-0.1, -0.05) is 6.92 Å². The normalized spacial score (nSPS) is 21.2. The van der Waals surface area contributed by atoms with Gasteiger partial charge in [-0.25, -0.2) is 9.97 Å². The summed E-state index contributed by atoms with van der Waals surface area (Å²) in [6.07, 6.45) is 4.28. The van der Waals surface area contributed by atoms with Gasteiger partial charge in [0.1, 0.15) is 0 Å². The fourth-order valence-corrected chi connectivity index (χ4v) is 1.67. The van der Waals surface area contributed by atoms with Crippen molar-refractivity contribution in [3.63, 3.8) is 0 Å². The van der Waals surface area contributed by atoms with E-state index in [4.69, 9.17) is 0 Å². The third-order valence-electron chi connectivity index (χ3n) is 2.47. The lowest BCUT2D eigenvalue weighted by Crippen LogP contribution is -2.29. The third kappa shape index (κ3) is 1.73. The van der Waals surface area contributed by atoms with Crippen LogP contribution in [0.25, 0.3) is 0 Å². The first-order valence-corrected chi connectivity index (χ1v) is 4.83. The van der Waals surface area contributed by atoms with Crippen LogP contribution < -0.4 is 0 Å². The van der Waals surface area contributed by atoms with Crippen molar-refractivity contribution >= 4 is 5.91 Å². The summed E-state index contributed by atoms with van der Waals surface area (Å²) in [5.41, 5.74) is 0. The Morgan fingerprint density at radius 1 is 1.50 bits per heavy atom. The lowest BCUT2D eigenvalue weighted by atomic mass is 10.2. The first kappa shape index (κ1) is 9.12. The van der Waals surface area contributed by atoms with E-state index in [0.717, 1.165) is 19.5 Å². The van der Waals surface area contributed by atoms with E-state index in [1.807, 2.05) is 4.90 Å². The number of aromatic nitrogens is 2. The fourth-order valence-electron chi connectivity index (χ4n) is 1.67. The van der Waals surface area contributed by atoms with Crippen LogP contribution in [0.4, 0.5) is 0 Å². The van der Waals surface area contributed by atoms with Crippen LogP contribution in [0.15, 0.2) is 18.5 Å². The van der Waals surface area contributed by atoms with Gasteiger partial charge in [0.15, 0.2) is 0 Å². The summed E-state index contributed by atoms with van der Waals surface area (Å²) in [6.45, 7) is 3.81. The topological polar surface area (TPSA) is 46.1 Å². The number of carbonyl (C=O) groups excluding carboxylic acids is 1. The highest BCUT2D eigenvalue weighted by molar-refractivity contribution is 5.90. The van der Waals surface area contributed by atoms with Crippen molar-refractivity contribution in [2.24, 2.45) is 5.92 Å². The van der Waals surface area contributed by atoms with Gasteiger partial charge in [0.05, 0.1) is 0 Å². The van der Waals surface area contributed by atoms with E-state index in [2.05, 4.69) is 16.9 Å². The Balaban J connectivity index is 2.10. The summed E-state index contributed by atoms with van der Waals surface area (Å²) in [6, 6.07) is 1.71. The second kappa shape index (κ2) is 3.74. The molecule has 0 N–H and O–H groups in total. The molecule has 1 aliphatic heterocycles. The number of hydrogen-bond donors (Lipinski definition) is 0. The van der Waals surface area contributed by atoms with Gasteiger partial charge in [-0.05, 0) is 18.4 Å². The minimum atomic E-state index is -0.0463. The molecule has 1 unspecified atom stereocenters. The molecular weight excluding hydrogens is 178 g/mol. The number of likely N-dealkylation sites (tertiary alicyclic amines) is 1. The average Bonchev–Trinajstić information content (AvgIpc) is 2.65. The third-order valence-corrected chi connectivity index (χ3v) is 2.47. The van der Waals surface area contributed by atoms with Crippen LogP contribution in [0.3, 0.4) is 0 Å². The molecule has 1 atom stereocenters. The monoisotopic (exact) mass is 191 g/mol. The average molecular weight is 191 g/mol. The van der Waals surface area contributed by atoms with Crippen LogP contribution in [0.1, 0.15) is 24.0 Å². The molecule has 1 aromatic heterocycles. The van der Waals surface area contributed by atoms with Gasteiger partial charge in [0, 0.05) is 25.5 Å². The molecule has 14 heavy (non-hydrogen) atoms. The highest BCUT2D eigenvalue weighted by atomic mass is 16.2. The van der Waals surface area contributed by atoms with E-state index >= 15 is 0 Å². The van der Waals surface area contributed by atoms with Gasteiger partial charge >= 0.3 is 0 Å². The van der Waals surface area contributed by atoms with Gasteiger partial charge in [0.2, 0.25) is 5.82 Å². The van der Waals surface area contributed by atoms with E-state index in [0.29, 0.717) is 11.7 Å². The molecule has 1 aromatic rings. The quantitative estimate of drug-likeness (QED) is 0.664. The maximum atomic E-state index is 11.8. The maximum absolute atomic E-state index is 11.8. The van der Waals surface area contributed by atoms with Crippen LogP contribution in [0, 0.1) is 5.92 Å². The Morgan fingerprint density at radius 3 is 2.79 bits per heavy atom. The van der Waals surface area contributed by atoms with Crippen molar-refractivity contribution in [3.05, 3.63) is 24.3 Å². The smallest absolute Gasteiger partial charge is 0.291 e. The Kier molecular flexibility index (Phi) is 2.43. The zero-order chi connectivity index (χ0) is 9.97. The summed E-state index contributed by atoms with van der Waals surface area (Å²) < 4.78 is 0. The number of hydrogen-bond acceptors (Lipinski definition) is 3. The number of nitrogens with zero attached hydrogens (tertiary/aromatic N) is 3. The van der Waals surface area contributed by atoms with Crippen LogP contribution >= 0.6 is 0 Å². The minimum absolute atomic E-state index is 0.0463. The van der Waals surface area contributed by atoms with Crippen molar-refractivity contribution in [2.45, 2.75) is 13.3 Å². The SMILES string of the molecule is CC1CCN(C(=O)c2ncccn2)C1. The summed E-state index contributed by atoms with van der Waals surface area (Å²) >= 11 is 0. The Hall–Kier alpha value is -1.45. The number of carbonyl (C=O) groups is 1. The Labute approximate surface area is 83.0 Å². The van der Waals surface area contributed by atoms with E-state index < -0.39 is 0 Å². The molecule has 0 bridgehead atoms. The summed E-state index contributed by atoms with van der Waals surface area (Å²) in [5.74, 6) is 0.860. The minimum Gasteiger partial charge on any atom is -0.336 e. The van der Waals surface area contributed by atoms with Crippen LogP contribution in [-0.4, -0.2) is 33.9 Å². The molecule has 4 heteroatoms. The molecular formula is C10H13N3O. The van der Waals surface area contributed by atoms with Crippen molar-refractivity contribution in [3.8, 4) is 0 Å². The maximum Gasteiger partial charge on any atom is 0.291 e. The van der Waals surface area contributed by atoms with E-state index in [1.165, 1.54) is 0 Å². The van der Waals surface area contributed by atoms with Crippen LogP contribution in [-0.2, 0) is 0 Å². The summed E-state index contributed by atoms with van der Waals surface area (Å²) in [4.78, 5) is 21.5. The highest BCUT2D eigenvalue weighted by Gasteiger charge is 2.25. The first-order valence-electron chi connectivity index (χ1n) is 4.83. The van der Waals surface area contributed by atoms with E-state index in [1.54, 1.807) is 18.5 Å². The second-order valence-corrected chi connectivity index (χ2v) is 3.72. The fraction of sp³-hybridized carbons (Fsp3) is 0.500. The predicted molar refractivity (Wildman–Crippen MR) is 51.7 cm³/mol. The molecule has 0 spiro atoms. The molecule has 1 amide bonds. The summed E-state index contributed by atoms with van der Waals surface area (Å²) in [7, 11) is 0. The molecule has 1 fully saturated rings. The van der Waals surface area contributed by atoms with Crippen molar-refractivity contribution < 1.29 is 4.79 Å². The van der Waals surface area contributed by atoms with Crippen molar-refractivity contribution in [1.82, 2.24) is 14.9 Å². The predicted octanol–water partition coefficient (Wildman–Crippen LogP) is 0.959. The van der Waals surface area contributed by atoms with Crippen LogP contribution in [0.2, 0.25) is 0 Å². The van der Waals surface area contributed by atoms with E-state index in [9.17, 15) is 4.79 Å². The number of amides is 1. The molecule has 4 nitrogen and oxygen atoms in total. The zero-order valence-electron chi connectivity index (χ0n) is 8.18. The highest BCUT2D eigenvalue weighted by Crippen LogP contribution is 2.16. The van der Waals surface area contributed by atoms with E-state index in [-0.39, 0.29) is 5.91 Å². The molecule has 1 saturated heterocycles. The second-order valence-electron chi connectivity index (χ2n) is 3.72. The van der Waals surface area contributed by atoms with Gasteiger partial charge in [-0.15, -0.1) is 0 Å². The van der Waals surface area contributed by atoms with Gasteiger partial charge < -0.3 is 4.90 Å². The summed E-state index contributed by atoms with van der Waals surface area (Å²) in [5, 5.41) is 0. The molecule has 2 heterocycles. The standard InChI is InChI=1S/C10H13N3O/c1-8-3-6-13(7-8)10(14)9-11-4-2-5-12-9/h2,4-5,8H,3,6-7H2,1H3. The molecule has 2 rings (SSSR count). The van der Waals surface area contributed by atoms with Gasteiger partial charge in [-0.2, -0.15) is 0 Å². The molecule has 0 radical (unpaired) electrons. The molecule has 0 saturated carbocycles. The molecule has 0 aromatic carbocycles. The van der Waals surface area contributed by atoms with Gasteiger partial charge in [0.25, 0.3) is 5.91 Å². The van der Waals surface area contributed by atoms with Crippen LogP contribution in [0.5, 0.6) is 0 Å². The molecule has 74 valence electrons. The Bertz CT molecular complexity index is 325. The van der Waals surface area contributed by atoms with Crippen molar-refractivity contribution in [1.29, 1.82) is 0 Å². The Morgan fingerprint density at radius 2 is 2.21 bits per heavy atom. The van der Waals surface area contributed by atoms with Crippen molar-refractivity contribution in [2.75, 3.05) is 13.1 Å². The molecule has 1 aliphatic rings. The zero-order valence-corrected chi connectivity index (χ0v) is 8.18. The largest absolute Gasteiger partial charge is 0.336 e. The molecule has 0 aliphatic carbocycles. The lowest BCUT2D eigenvalue weighted by molar-refractivity contribution is 0.0776. The first-order chi connectivity index (χ1) is 6.77.